The lowest BCUT2D eigenvalue weighted by molar-refractivity contribution is -0.0320. The molecule has 0 atom stereocenters. The van der Waals surface area contributed by atoms with Crippen molar-refractivity contribution in [1.29, 1.82) is 0 Å². The van der Waals surface area contributed by atoms with Crippen LogP contribution in [-0.2, 0) is 28.9 Å². The molecule has 2 aliphatic rings. The van der Waals surface area contributed by atoms with E-state index in [1.54, 1.807) is 0 Å². The van der Waals surface area contributed by atoms with Crippen molar-refractivity contribution in [2.45, 2.75) is 57.6 Å². The largest absolute Gasteiger partial charge is 0.381 e. The topological polar surface area (TPSA) is 59.0 Å². The first-order chi connectivity index (χ1) is 12.8. The van der Waals surface area contributed by atoms with Crippen LogP contribution < -0.4 is 5.32 Å². The highest BCUT2D eigenvalue weighted by molar-refractivity contribution is 14.0. The summed E-state index contributed by atoms with van der Waals surface area (Å²) in [7, 11) is 3.92. The van der Waals surface area contributed by atoms with Gasteiger partial charge in [-0.2, -0.15) is 0 Å². The lowest BCUT2D eigenvalue weighted by Gasteiger charge is -2.23. The third-order valence-electron chi connectivity index (χ3n) is 4.96. The molecule has 0 unspecified atom stereocenters. The molecule has 8 heteroatoms. The molecule has 6 nitrogen and oxygen atoms in total. The zero-order valence-corrected chi connectivity index (χ0v) is 19.7. The summed E-state index contributed by atoms with van der Waals surface area (Å²) >= 11 is 1.87. The summed E-state index contributed by atoms with van der Waals surface area (Å²) in [5.74, 6) is 0.921. The second kappa shape index (κ2) is 12.2. The van der Waals surface area contributed by atoms with E-state index in [9.17, 15) is 0 Å². The molecule has 1 aliphatic carbocycles. The van der Waals surface area contributed by atoms with Gasteiger partial charge in [0.1, 0.15) is 5.01 Å². The number of fused-ring (bicyclic) bond motifs is 1. The predicted octanol–water partition coefficient (Wildman–Crippen LogP) is 3.23. The minimum Gasteiger partial charge on any atom is -0.381 e. The zero-order valence-electron chi connectivity index (χ0n) is 16.5. The molecule has 1 N–H and O–H groups in total. The van der Waals surface area contributed by atoms with Crippen LogP contribution in [0.2, 0.25) is 0 Å². The fourth-order valence-electron chi connectivity index (χ4n) is 3.50. The van der Waals surface area contributed by atoms with Gasteiger partial charge in [0.2, 0.25) is 0 Å². The Hall–Kier alpha value is -0.450. The third kappa shape index (κ3) is 7.14. The summed E-state index contributed by atoms with van der Waals surface area (Å²) < 4.78 is 11.3. The normalized spacial score (nSPS) is 17.9. The van der Waals surface area contributed by atoms with Crippen LogP contribution in [-0.4, -0.2) is 62.4 Å². The number of aromatic nitrogens is 1. The summed E-state index contributed by atoms with van der Waals surface area (Å²) in [4.78, 5) is 12.9. The number of hydrogen-bond donors (Lipinski definition) is 1. The van der Waals surface area contributed by atoms with Gasteiger partial charge in [0.05, 0.1) is 18.3 Å². The van der Waals surface area contributed by atoms with Gasteiger partial charge in [-0.25, -0.2) is 4.98 Å². The molecule has 0 bridgehead atoms. The van der Waals surface area contributed by atoms with E-state index < -0.39 is 0 Å². The first-order valence-electron chi connectivity index (χ1n) is 9.85. The van der Waals surface area contributed by atoms with Crippen LogP contribution in [0.3, 0.4) is 0 Å². The number of nitrogens with one attached hydrogen (secondary N) is 1. The van der Waals surface area contributed by atoms with E-state index in [1.165, 1.54) is 34.8 Å². The van der Waals surface area contributed by atoms with E-state index in [-0.39, 0.29) is 24.0 Å². The standard InChI is InChI=1S/C19H32N4O2S.HI/c1-20-19(21-10-5-11-25-15-8-12-24-13-9-15)23(2)14-18-22-16-6-3-4-7-17(16)26-18;/h15H,3-14H2,1-2H3,(H,20,21);1H. The number of ether oxygens (including phenoxy) is 2. The Bertz CT molecular complexity index is 567. The first kappa shape index (κ1) is 22.8. The zero-order chi connectivity index (χ0) is 18.2. The highest BCUT2D eigenvalue weighted by Crippen LogP contribution is 2.27. The number of halogens is 1. The van der Waals surface area contributed by atoms with Gasteiger partial charge in [-0.3, -0.25) is 4.99 Å². The molecule has 154 valence electrons. The lowest BCUT2D eigenvalue weighted by atomic mass is 10.0. The molecule has 1 saturated heterocycles. The third-order valence-corrected chi connectivity index (χ3v) is 6.10. The lowest BCUT2D eigenvalue weighted by Crippen LogP contribution is -2.39. The van der Waals surface area contributed by atoms with Gasteiger partial charge in [0, 0.05) is 45.3 Å². The fourth-order valence-corrected chi connectivity index (χ4v) is 4.71. The van der Waals surface area contributed by atoms with Gasteiger partial charge in [0.15, 0.2) is 5.96 Å². The van der Waals surface area contributed by atoms with Crippen molar-refractivity contribution in [3.63, 3.8) is 0 Å². The van der Waals surface area contributed by atoms with E-state index in [1.807, 2.05) is 18.4 Å². The van der Waals surface area contributed by atoms with E-state index in [0.29, 0.717) is 6.10 Å². The molecular weight excluding hydrogens is 475 g/mol. The molecule has 1 fully saturated rings. The van der Waals surface area contributed by atoms with Crippen LogP contribution in [0, 0.1) is 0 Å². The van der Waals surface area contributed by atoms with Crippen molar-refractivity contribution >= 4 is 41.3 Å². The Labute approximate surface area is 184 Å². The van der Waals surface area contributed by atoms with Crippen LogP contribution >= 0.6 is 35.3 Å². The SMILES string of the molecule is CN=C(NCCCOC1CCOCC1)N(C)Cc1nc2c(s1)CCCC2.I. The maximum Gasteiger partial charge on any atom is 0.193 e. The summed E-state index contributed by atoms with van der Waals surface area (Å²) in [5.41, 5.74) is 1.33. The predicted molar refractivity (Wildman–Crippen MR) is 121 cm³/mol. The Morgan fingerprint density at radius 2 is 2.11 bits per heavy atom. The summed E-state index contributed by atoms with van der Waals surface area (Å²) in [6.07, 6.45) is 8.35. The van der Waals surface area contributed by atoms with Gasteiger partial charge >= 0.3 is 0 Å². The van der Waals surface area contributed by atoms with Crippen molar-refractivity contribution in [3.8, 4) is 0 Å². The van der Waals surface area contributed by atoms with Crippen LogP contribution in [0.25, 0.3) is 0 Å². The smallest absolute Gasteiger partial charge is 0.193 e. The number of thiazole rings is 1. The molecule has 1 aromatic rings. The maximum atomic E-state index is 5.92. The average Bonchev–Trinajstić information content (AvgIpc) is 3.07. The van der Waals surface area contributed by atoms with Crippen LogP contribution in [0.4, 0.5) is 0 Å². The van der Waals surface area contributed by atoms with E-state index in [2.05, 4.69) is 22.3 Å². The Morgan fingerprint density at radius 3 is 2.85 bits per heavy atom. The average molecular weight is 508 g/mol. The highest BCUT2D eigenvalue weighted by Gasteiger charge is 2.17. The summed E-state index contributed by atoms with van der Waals surface area (Å²) in [6.45, 7) is 4.14. The molecule has 1 aromatic heterocycles. The molecule has 0 spiro atoms. The molecule has 1 aliphatic heterocycles. The van der Waals surface area contributed by atoms with E-state index >= 15 is 0 Å². The van der Waals surface area contributed by atoms with Gasteiger partial charge in [-0.15, -0.1) is 35.3 Å². The van der Waals surface area contributed by atoms with Gasteiger partial charge in [0.25, 0.3) is 0 Å². The Balaban J connectivity index is 0.00000261. The molecule has 3 rings (SSSR count). The van der Waals surface area contributed by atoms with E-state index in [0.717, 1.165) is 64.6 Å². The molecular formula is C19H33IN4O2S. The van der Waals surface area contributed by atoms with Crippen molar-refractivity contribution in [2.24, 2.45) is 4.99 Å². The second-order valence-electron chi connectivity index (χ2n) is 7.05. The molecule has 0 aromatic carbocycles. The number of guanidine groups is 1. The quantitative estimate of drug-likeness (QED) is 0.265. The van der Waals surface area contributed by atoms with Gasteiger partial charge < -0.3 is 19.7 Å². The van der Waals surface area contributed by atoms with E-state index in [4.69, 9.17) is 14.5 Å². The molecule has 0 amide bonds. The number of hydrogen-bond acceptors (Lipinski definition) is 5. The Morgan fingerprint density at radius 1 is 1.33 bits per heavy atom. The number of aryl methyl sites for hydroxylation is 2. The summed E-state index contributed by atoms with van der Waals surface area (Å²) in [5, 5.41) is 4.64. The minimum absolute atomic E-state index is 0. The maximum absolute atomic E-state index is 5.92. The monoisotopic (exact) mass is 508 g/mol. The van der Waals surface area contributed by atoms with Gasteiger partial charge in [-0.1, -0.05) is 0 Å². The number of aliphatic imine (C=N–C) groups is 1. The van der Waals surface area contributed by atoms with Crippen molar-refractivity contribution in [1.82, 2.24) is 15.2 Å². The molecule has 0 saturated carbocycles. The minimum atomic E-state index is 0. The highest BCUT2D eigenvalue weighted by atomic mass is 127. The van der Waals surface area contributed by atoms with Crippen LogP contribution in [0.5, 0.6) is 0 Å². The van der Waals surface area contributed by atoms with Crippen molar-refractivity contribution < 1.29 is 9.47 Å². The second-order valence-corrected chi connectivity index (χ2v) is 8.22. The number of rotatable bonds is 7. The van der Waals surface area contributed by atoms with Crippen molar-refractivity contribution in [2.75, 3.05) is 40.5 Å². The van der Waals surface area contributed by atoms with Crippen molar-refractivity contribution in [3.05, 3.63) is 15.6 Å². The van der Waals surface area contributed by atoms with Gasteiger partial charge in [-0.05, 0) is 44.9 Å². The molecule has 27 heavy (non-hydrogen) atoms. The van der Waals surface area contributed by atoms with Crippen LogP contribution in [0.15, 0.2) is 4.99 Å². The fraction of sp³-hybridized carbons (Fsp3) is 0.789. The Kier molecular flexibility index (Phi) is 10.3. The molecule has 2 heterocycles. The van der Waals surface area contributed by atoms with Crippen LogP contribution in [0.1, 0.15) is 47.7 Å². The molecule has 0 radical (unpaired) electrons. The summed E-state index contributed by atoms with van der Waals surface area (Å²) in [6, 6.07) is 0. The first-order valence-corrected chi connectivity index (χ1v) is 10.7. The number of nitrogens with zero attached hydrogens (tertiary/aromatic N) is 3.